The summed E-state index contributed by atoms with van der Waals surface area (Å²) in [5.74, 6) is -1.20. The Bertz CT molecular complexity index is 725. The average molecular weight is 333 g/mol. The lowest BCUT2D eigenvalue weighted by atomic mass is 10.1. The molecule has 0 spiro atoms. The highest BCUT2D eigenvalue weighted by Gasteiger charge is 2.17. The first-order valence-electron chi connectivity index (χ1n) is 7.01. The summed E-state index contributed by atoms with van der Waals surface area (Å²) in [6, 6.07) is 5.21. The first-order valence-corrected chi connectivity index (χ1v) is 7.01. The number of aromatic nitrogens is 2. The van der Waals surface area contributed by atoms with Gasteiger partial charge in [0.05, 0.1) is 12.7 Å². The second-order valence-electron chi connectivity index (χ2n) is 4.83. The Morgan fingerprint density at radius 1 is 1.25 bits per heavy atom. The zero-order chi connectivity index (χ0) is 17.5. The van der Waals surface area contributed by atoms with Gasteiger partial charge in [-0.05, 0) is 24.3 Å². The van der Waals surface area contributed by atoms with Gasteiger partial charge in [0.25, 0.3) is 0 Å². The number of rotatable bonds is 7. The van der Waals surface area contributed by atoms with Crippen LogP contribution in [0.5, 0.6) is 5.75 Å². The predicted molar refractivity (Wildman–Crippen MR) is 83.5 cm³/mol. The third-order valence-corrected chi connectivity index (χ3v) is 3.09. The summed E-state index contributed by atoms with van der Waals surface area (Å²) in [7, 11) is 2.98. The molecule has 0 saturated carbocycles. The van der Waals surface area contributed by atoms with Gasteiger partial charge >= 0.3 is 5.97 Å². The molecule has 1 heterocycles. The number of halogens is 1. The van der Waals surface area contributed by atoms with Crippen molar-refractivity contribution in [2.45, 2.75) is 0 Å². The molecule has 0 atom stereocenters. The Morgan fingerprint density at radius 2 is 1.96 bits per heavy atom. The molecule has 0 bridgehead atoms. The molecule has 126 valence electrons. The van der Waals surface area contributed by atoms with E-state index in [4.69, 9.17) is 9.47 Å². The van der Waals surface area contributed by atoms with E-state index in [9.17, 15) is 14.0 Å². The summed E-state index contributed by atoms with van der Waals surface area (Å²) < 4.78 is 23.2. The van der Waals surface area contributed by atoms with E-state index in [0.29, 0.717) is 5.95 Å². The van der Waals surface area contributed by atoms with Crippen LogP contribution in [0, 0.1) is 5.82 Å². The maximum atomic E-state index is 13.3. The van der Waals surface area contributed by atoms with E-state index in [1.807, 2.05) is 0 Å². The third-order valence-electron chi connectivity index (χ3n) is 3.09. The molecular formula is C16H16FN3O4. The zero-order valence-corrected chi connectivity index (χ0v) is 13.2. The molecule has 24 heavy (non-hydrogen) atoms. The number of hydrogen-bond acceptors (Lipinski definition) is 7. The number of anilines is 1. The highest BCUT2D eigenvalue weighted by molar-refractivity contribution is 6.00. The highest BCUT2D eigenvalue weighted by Crippen LogP contribution is 2.19. The Kier molecular flexibility index (Phi) is 5.78. The number of esters is 1. The van der Waals surface area contributed by atoms with Crippen molar-refractivity contribution in [3.63, 3.8) is 0 Å². The van der Waals surface area contributed by atoms with Crippen LogP contribution in [-0.2, 0) is 9.53 Å². The fourth-order valence-corrected chi connectivity index (χ4v) is 1.92. The quantitative estimate of drug-likeness (QED) is 0.561. The molecule has 1 aromatic heterocycles. The third kappa shape index (κ3) is 4.48. The maximum Gasteiger partial charge on any atom is 0.326 e. The number of hydrogen-bond donors (Lipinski definition) is 0. The number of Topliss-reactive ketones (excluding diaryl/α,β-unsaturated/α-hetero) is 1. The van der Waals surface area contributed by atoms with Crippen molar-refractivity contribution in [3.8, 4) is 5.75 Å². The lowest BCUT2D eigenvalue weighted by Crippen LogP contribution is -2.29. The van der Waals surface area contributed by atoms with Gasteiger partial charge in [0, 0.05) is 19.4 Å². The van der Waals surface area contributed by atoms with Crippen molar-refractivity contribution in [1.29, 1.82) is 0 Å². The first-order chi connectivity index (χ1) is 11.5. The minimum absolute atomic E-state index is 0.0186. The monoisotopic (exact) mass is 333 g/mol. The number of nitrogens with zero attached hydrogens (tertiary/aromatic N) is 3. The molecule has 0 aliphatic heterocycles. The Hall–Kier alpha value is -3.03. The average Bonchev–Trinajstić information content (AvgIpc) is 2.60. The van der Waals surface area contributed by atoms with Crippen molar-refractivity contribution in [2.24, 2.45) is 0 Å². The van der Waals surface area contributed by atoms with Crippen LogP contribution in [0.1, 0.15) is 10.4 Å². The number of ether oxygens (including phenoxy) is 2. The van der Waals surface area contributed by atoms with Gasteiger partial charge in [0.15, 0.2) is 6.61 Å². The van der Waals surface area contributed by atoms with Crippen LogP contribution in [0.3, 0.4) is 0 Å². The van der Waals surface area contributed by atoms with E-state index in [2.05, 4.69) is 9.97 Å². The lowest BCUT2D eigenvalue weighted by molar-refractivity contribution is -0.140. The number of benzene rings is 1. The van der Waals surface area contributed by atoms with Crippen LogP contribution in [-0.4, -0.2) is 49.0 Å². The van der Waals surface area contributed by atoms with E-state index < -0.39 is 24.2 Å². The summed E-state index contributed by atoms with van der Waals surface area (Å²) in [6.45, 7) is -0.639. The number of ketones is 1. The number of methoxy groups -OCH3 is 1. The molecule has 0 saturated heterocycles. The highest BCUT2D eigenvalue weighted by atomic mass is 19.1. The van der Waals surface area contributed by atoms with Crippen molar-refractivity contribution in [1.82, 2.24) is 9.97 Å². The molecule has 0 fully saturated rings. The van der Waals surface area contributed by atoms with Crippen LogP contribution in [0.15, 0.2) is 36.7 Å². The van der Waals surface area contributed by atoms with Gasteiger partial charge in [-0.3, -0.25) is 9.59 Å². The van der Waals surface area contributed by atoms with Crippen LogP contribution >= 0.6 is 0 Å². The second-order valence-corrected chi connectivity index (χ2v) is 4.83. The van der Waals surface area contributed by atoms with Crippen LogP contribution in [0.4, 0.5) is 10.3 Å². The summed E-state index contributed by atoms with van der Waals surface area (Å²) >= 11 is 0. The minimum atomic E-state index is -0.631. The zero-order valence-electron chi connectivity index (χ0n) is 13.2. The standard InChI is InChI=1S/C16H16FN3O4/c1-20(16-18-6-3-7-19-16)9-15(22)24-10-13(21)12-8-11(17)4-5-14(12)23-2/h3-8H,9-10H2,1-2H3. The molecule has 1 aromatic carbocycles. The van der Waals surface area contributed by atoms with Gasteiger partial charge in [-0.2, -0.15) is 0 Å². The summed E-state index contributed by atoms with van der Waals surface area (Å²) in [6.07, 6.45) is 3.09. The molecule has 0 aliphatic rings. The summed E-state index contributed by atoms with van der Waals surface area (Å²) in [5, 5.41) is 0. The molecular weight excluding hydrogens is 317 g/mol. The fourth-order valence-electron chi connectivity index (χ4n) is 1.92. The van der Waals surface area contributed by atoms with Crippen LogP contribution < -0.4 is 9.64 Å². The summed E-state index contributed by atoms with van der Waals surface area (Å²) in [5.41, 5.74) is 0.0186. The first kappa shape index (κ1) is 17.3. The van der Waals surface area contributed by atoms with Gasteiger partial charge in [-0.25, -0.2) is 14.4 Å². The smallest absolute Gasteiger partial charge is 0.326 e. The van der Waals surface area contributed by atoms with E-state index in [1.54, 1.807) is 25.5 Å². The van der Waals surface area contributed by atoms with E-state index in [-0.39, 0.29) is 17.9 Å². The Morgan fingerprint density at radius 3 is 2.62 bits per heavy atom. The van der Waals surface area contributed by atoms with Gasteiger partial charge in [-0.15, -0.1) is 0 Å². The number of likely N-dealkylation sites (N-methyl/N-ethyl adjacent to an activating group) is 1. The molecule has 0 unspecified atom stereocenters. The Balaban J connectivity index is 1.92. The summed E-state index contributed by atoms with van der Waals surface area (Å²) in [4.78, 5) is 33.3. The molecule has 2 aromatic rings. The predicted octanol–water partition coefficient (Wildman–Crippen LogP) is 1.49. The van der Waals surface area contributed by atoms with E-state index >= 15 is 0 Å². The molecule has 0 aliphatic carbocycles. The van der Waals surface area contributed by atoms with E-state index in [0.717, 1.165) is 6.07 Å². The van der Waals surface area contributed by atoms with Gasteiger partial charge in [0.2, 0.25) is 11.7 Å². The maximum absolute atomic E-state index is 13.3. The largest absolute Gasteiger partial charge is 0.496 e. The number of carbonyl (C=O) groups is 2. The van der Waals surface area contributed by atoms with Gasteiger partial charge < -0.3 is 14.4 Å². The second kappa shape index (κ2) is 8.00. The normalized spacial score (nSPS) is 10.1. The number of carbonyl (C=O) groups excluding carboxylic acids is 2. The van der Waals surface area contributed by atoms with E-state index in [1.165, 1.54) is 24.1 Å². The molecule has 7 nitrogen and oxygen atoms in total. The SMILES string of the molecule is COc1ccc(F)cc1C(=O)COC(=O)CN(C)c1ncccn1. The Labute approximate surface area is 138 Å². The van der Waals surface area contributed by atoms with Gasteiger partial charge in [-0.1, -0.05) is 0 Å². The molecule has 0 radical (unpaired) electrons. The van der Waals surface area contributed by atoms with Crippen molar-refractivity contribution in [2.75, 3.05) is 32.2 Å². The molecule has 2 rings (SSSR count). The fraction of sp³-hybridized carbons (Fsp3) is 0.250. The van der Waals surface area contributed by atoms with Crippen molar-refractivity contribution >= 4 is 17.7 Å². The minimum Gasteiger partial charge on any atom is -0.496 e. The van der Waals surface area contributed by atoms with Crippen LogP contribution in [0.25, 0.3) is 0 Å². The lowest BCUT2D eigenvalue weighted by Gasteiger charge is -2.15. The molecule has 0 N–H and O–H groups in total. The molecule has 8 heteroatoms. The van der Waals surface area contributed by atoms with Gasteiger partial charge in [0.1, 0.15) is 18.1 Å². The van der Waals surface area contributed by atoms with Crippen molar-refractivity contribution in [3.05, 3.63) is 48.0 Å². The topological polar surface area (TPSA) is 81.6 Å². The molecule has 0 amide bonds. The van der Waals surface area contributed by atoms with Crippen molar-refractivity contribution < 1.29 is 23.5 Å². The van der Waals surface area contributed by atoms with Crippen LogP contribution in [0.2, 0.25) is 0 Å².